The molecular formula is C20H18N4O6S. The molecule has 3 aliphatic heterocycles. The van der Waals surface area contributed by atoms with E-state index in [0.717, 1.165) is 23.0 Å². The van der Waals surface area contributed by atoms with Gasteiger partial charge < -0.3 is 14.2 Å². The summed E-state index contributed by atoms with van der Waals surface area (Å²) in [7, 11) is 3.13. The number of amides is 1. The van der Waals surface area contributed by atoms with Crippen molar-refractivity contribution in [3.63, 3.8) is 0 Å². The van der Waals surface area contributed by atoms with Crippen molar-refractivity contribution in [2.24, 2.45) is 5.10 Å². The number of non-ortho nitro benzene ring substituents is 1. The molecular weight excluding hydrogens is 424 g/mol. The minimum atomic E-state index is -1.14. The molecule has 5 rings (SSSR count). The Morgan fingerprint density at radius 3 is 2.74 bits per heavy atom. The Kier molecular flexibility index (Phi) is 4.43. The van der Waals surface area contributed by atoms with Crippen LogP contribution in [0.1, 0.15) is 23.6 Å². The largest absolute Gasteiger partial charge is 0.493 e. The molecule has 0 aliphatic carbocycles. The molecule has 11 heteroatoms. The second-order valence-electron chi connectivity index (χ2n) is 7.25. The van der Waals surface area contributed by atoms with Crippen LogP contribution in [0.2, 0.25) is 0 Å². The highest BCUT2D eigenvalue weighted by atomic mass is 32.2. The number of thioether (sulfide) groups is 1. The molecule has 1 fully saturated rings. The van der Waals surface area contributed by atoms with Crippen LogP contribution in [0.5, 0.6) is 17.2 Å². The summed E-state index contributed by atoms with van der Waals surface area (Å²) in [6, 6.07) is 9.67. The number of nitrogens with one attached hydrogen (secondary N) is 1. The van der Waals surface area contributed by atoms with E-state index in [1.807, 2.05) is 12.1 Å². The summed E-state index contributed by atoms with van der Waals surface area (Å²) >= 11 is 1.11. The van der Waals surface area contributed by atoms with E-state index >= 15 is 0 Å². The molecule has 1 spiro atoms. The smallest absolute Gasteiger partial charge is 0.289 e. The zero-order valence-corrected chi connectivity index (χ0v) is 17.5. The van der Waals surface area contributed by atoms with Crippen LogP contribution < -0.4 is 19.5 Å². The number of ether oxygens (including phenoxy) is 3. The van der Waals surface area contributed by atoms with Gasteiger partial charge in [-0.15, -0.1) is 0 Å². The number of hydrazone groups is 1. The highest BCUT2D eigenvalue weighted by Gasteiger charge is 2.55. The van der Waals surface area contributed by atoms with Crippen LogP contribution in [0.4, 0.5) is 10.5 Å². The van der Waals surface area contributed by atoms with Crippen molar-refractivity contribution in [3.05, 3.63) is 57.6 Å². The van der Waals surface area contributed by atoms with E-state index in [1.54, 1.807) is 31.4 Å². The third-order valence-electron chi connectivity index (χ3n) is 5.54. The van der Waals surface area contributed by atoms with E-state index in [-0.39, 0.29) is 17.0 Å². The number of fused-ring (bicyclic) bond motifs is 4. The van der Waals surface area contributed by atoms with E-state index in [1.165, 1.54) is 12.1 Å². The zero-order chi connectivity index (χ0) is 21.8. The lowest BCUT2D eigenvalue weighted by Gasteiger charge is -2.44. The molecule has 0 bridgehead atoms. The maximum absolute atomic E-state index is 12.0. The van der Waals surface area contributed by atoms with Crippen molar-refractivity contribution in [3.8, 4) is 17.2 Å². The maximum atomic E-state index is 12.0. The normalized spacial score (nSPS) is 23.5. The Morgan fingerprint density at radius 1 is 1.26 bits per heavy atom. The van der Waals surface area contributed by atoms with Crippen molar-refractivity contribution in [2.75, 3.05) is 20.0 Å². The number of methoxy groups -OCH3 is 2. The van der Waals surface area contributed by atoms with E-state index in [2.05, 4.69) is 5.32 Å². The van der Waals surface area contributed by atoms with Crippen LogP contribution in [0.25, 0.3) is 0 Å². The Hall–Kier alpha value is -3.47. The number of carbonyl (C=O) groups is 1. The molecule has 10 nitrogen and oxygen atoms in total. The average Bonchev–Trinajstić information content (AvgIpc) is 3.38. The van der Waals surface area contributed by atoms with Gasteiger partial charge in [0.15, 0.2) is 11.5 Å². The summed E-state index contributed by atoms with van der Waals surface area (Å²) in [5, 5.41) is 20.5. The van der Waals surface area contributed by atoms with Gasteiger partial charge in [-0.05, 0) is 24.3 Å². The van der Waals surface area contributed by atoms with E-state index in [9.17, 15) is 14.9 Å². The second kappa shape index (κ2) is 7.05. The first-order chi connectivity index (χ1) is 14.9. The van der Waals surface area contributed by atoms with Crippen LogP contribution in [-0.2, 0) is 0 Å². The third kappa shape index (κ3) is 3.03. The number of nitro groups is 1. The molecule has 0 aromatic heterocycles. The average molecular weight is 442 g/mol. The number of carbonyl (C=O) groups excluding carboxylic acids is 1. The highest BCUT2D eigenvalue weighted by molar-refractivity contribution is 8.14. The van der Waals surface area contributed by atoms with Gasteiger partial charge in [0.25, 0.3) is 16.8 Å². The molecule has 0 saturated carbocycles. The summed E-state index contributed by atoms with van der Waals surface area (Å²) in [5.74, 6) is 0.857. The predicted octanol–water partition coefficient (Wildman–Crippen LogP) is 3.27. The van der Waals surface area contributed by atoms with Gasteiger partial charge in [-0.1, -0.05) is 11.8 Å². The van der Waals surface area contributed by atoms with E-state index in [4.69, 9.17) is 19.3 Å². The van der Waals surface area contributed by atoms with E-state index in [0.29, 0.717) is 35.0 Å². The molecule has 2 atom stereocenters. The molecule has 31 heavy (non-hydrogen) atoms. The Balaban J connectivity index is 1.60. The lowest BCUT2D eigenvalue weighted by atomic mass is 9.95. The number of benzene rings is 2. The van der Waals surface area contributed by atoms with Gasteiger partial charge in [-0.25, -0.2) is 5.01 Å². The van der Waals surface area contributed by atoms with Crippen LogP contribution in [0.15, 0.2) is 41.5 Å². The molecule has 3 aliphatic rings. The fourth-order valence-electron chi connectivity index (χ4n) is 4.08. The van der Waals surface area contributed by atoms with E-state index < -0.39 is 10.8 Å². The van der Waals surface area contributed by atoms with Gasteiger partial charge in [0.05, 0.1) is 36.6 Å². The van der Waals surface area contributed by atoms with Gasteiger partial charge >= 0.3 is 0 Å². The topological polar surface area (TPSA) is 116 Å². The van der Waals surface area contributed by atoms with Crippen LogP contribution >= 0.6 is 11.8 Å². The van der Waals surface area contributed by atoms with Crippen LogP contribution in [0.3, 0.4) is 0 Å². The predicted molar refractivity (Wildman–Crippen MR) is 113 cm³/mol. The van der Waals surface area contributed by atoms with Gasteiger partial charge in [0.2, 0.25) is 0 Å². The van der Waals surface area contributed by atoms with Crippen LogP contribution in [0, 0.1) is 10.1 Å². The van der Waals surface area contributed by atoms with Gasteiger partial charge in [-0.2, -0.15) is 5.10 Å². The summed E-state index contributed by atoms with van der Waals surface area (Å²) < 4.78 is 16.9. The first-order valence-corrected chi connectivity index (χ1v) is 10.4. The maximum Gasteiger partial charge on any atom is 0.289 e. The summed E-state index contributed by atoms with van der Waals surface area (Å²) in [4.78, 5) is 22.9. The van der Waals surface area contributed by atoms with Crippen molar-refractivity contribution in [1.29, 1.82) is 0 Å². The summed E-state index contributed by atoms with van der Waals surface area (Å²) in [5.41, 5.74) is 2.21. The Bertz CT molecular complexity index is 1140. The first-order valence-electron chi connectivity index (χ1n) is 9.45. The molecule has 3 heterocycles. The standard InChI is InChI=1S/C20H18N4O6S/c1-28-17-5-3-11(7-18(17)29-2)14-9-15-13-8-12(24(26)27)4-6-16(13)30-20(23(15)22-14)10-31-19(25)21-20/h3-8,15H,9-10H2,1-2H3,(H,21,25)/t15-,20-/m0/s1. The number of hydrogen-bond donors (Lipinski definition) is 1. The number of nitro benzene ring substituents is 1. The first kappa shape index (κ1) is 19.5. The molecule has 1 amide bonds. The van der Waals surface area contributed by atoms with Crippen LogP contribution in [-0.4, -0.2) is 46.7 Å². The fourth-order valence-corrected chi connectivity index (χ4v) is 4.90. The van der Waals surface area contributed by atoms with Crippen molar-refractivity contribution >= 4 is 28.4 Å². The highest BCUT2D eigenvalue weighted by Crippen LogP contribution is 2.49. The molecule has 1 saturated heterocycles. The van der Waals surface area contributed by atoms with Crippen molar-refractivity contribution in [2.45, 2.75) is 18.3 Å². The lowest BCUT2D eigenvalue weighted by molar-refractivity contribution is -0.385. The Morgan fingerprint density at radius 2 is 2.06 bits per heavy atom. The lowest BCUT2D eigenvalue weighted by Crippen LogP contribution is -2.62. The summed E-state index contributed by atoms with van der Waals surface area (Å²) in [6.07, 6.45) is 0.481. The SMILES string of the molecule is COc1ccc(C2=NN3[C@@H](C2)c2cc([N+](=O)[O-])ccc2O[C@]32CSC(=O)N2)cc1OC. The molecule has 160 valence electrons. The van der Waals surface area contributed by atoms with Gasteiger partial charge in [0, 0.05) is 29.7 Å². The summed E-state index contributed by atoms with van der Waals surface area (Å²) in [6.45, 7) is 0. The Labute approximate surface area is 181 Å². The monoisotopic (exact) mass is 442 g/mol. The molecule has 2 aromatic carbocycles. The fraction of sp³-hybridized carbons (Fsp3) is 0.300. The van der Waals surface area contributed by atoms with Crippen molar-refractivity contribution in [1.82, 2.24) is 10.3 Å². The number of rotatable bonds is 4. The minimum absolute atomic E-state index is 0.0253. The number of nitrogens with zero attached hydrogens (tertiary/aromatic N) is 3. The van der Waals surface area contributed by atoms with Gasteiger partial charge in [-0.3, -0.25) is 20.2 Å². The minimum Gasteiger partial charge on any atom is -0.493 e. The van der Waals surface area contributed by atoms with Gasteiger partial charge in [0.1, 0.15) is 5.75 Å². The molecule has 0 radical (unpaired) electrons. The molecule has 2 aromatic rings. The zero-order valence-electron chi connectivity index (χ0n) is 16.7. The third-order valence-corrected chi connectivity index (χ3v) is 6.44. The second-order valence-corrected chi connectivity index (χ2v) is 8.20. The number of hydrogen-bond acceptors (Lipinski definition) is 9. The quantitative estimate of drug-likeness (QED) is 0.567. The molecule has 0 unspecified atom stereocenters. The molecule has 1 N–H and O–H groups in total. The van der Waals surface area contributed by atoms with Crippen molar-refractivity contribution < 1.29 is 23.9 Å².